The molecule has 0 heterocycles. The van der Waals surface area contributed by atoms with Crippen molar-refractivity contribution in [2.45, 2.75) is 25.4 Å². The van der Waals surface area contributed by atoms with Crippen LogP contribution >= 0.6 is 15.9 Å². The standard InChI is InChI=1S/C13H15BrN2O5/c14-9-3-1-2-8(6-9)7-15-13(21)16-10(12(19)20)4-5-11(17)18/h1-3,6,10H,4-5,7H2,(H,17,18)(H,19,20)(H2,15,16,21)/t10-/m0/s1. The molecular weight excluding hydrogens is 344 g/mol. The Labute approximate surface area is 129 Å². The van der Waals surface area contributed by atoms with Gasteiger partial charge < -0.3 is 20.8 Å². The van der Waals surface area contributed by atoms with E-state index < -0.39 is 24.0 Å². The molecule has 0 radical (unpaired) electrons. The zero-order valence-corrected chi connectivity index (χ0v) is 12.6. The molecule has 0 aromatic heterocycles. The summed E-state index contributed by atoms with van der Waals surface area (Å²) < 4.78 is 0.868. The number of nitrogens with one attached hydrogen (secondary N) is 2. The quantitative estimate of drug-likeness (QED) is 0.590. The van der Waals surface area contributed by atoms with E-state index in [4.69, 9.17) is 10.2 Å². The summed E-state index contributed by atoms with van der Waals surface area (Å²) in [5.74, 6) is -2.38. The summed E-state index contributed by atoms with van der Waals surface area (Å²) in [7, 11) is 0. The summed E-state index contributed by atoms with van der Waals surface area (Å²) in [4.78, 5) is 33.0. The van der Waals surface area contributed by atoms with E-state index in [2.05, 4.69) is 26.6 Å². The number of benzene rings is 1. The van der Waals surface area contributed by atoms with Gasteiger partial charge in [-0.3, -0.25) is 4.79 Å². The van der Waals surface area contributed by atoms with Crippen LogP contribution in [0.15, 0.2) is 28.7 Å². The summed E-state index contributed by atoms with van der Waals surface area (Å²) in [5, 5.41) is 22.2. The van der Waals surface area contributed by atoms with Gasteiger partial charge in [0.25, 0.3) is 0 Å². The molecule has 1 atom stereocenters. The average Bonchev–Trinajstić information content (AvgIpc) is 2.40. The normalized spacial score (nSPS) is 11.5. The second-order valence-electron chi connectivity index (χ2n) is 4.28. The van der Waals surface area contributed by atoms with Crippen molar-refractivity contribution in [2.24, 2.45) is 0 Å². The molecule has 0 spiro atoms. The third kappa shape index (κ3) is 6.75. The number of carbonyl (C=O) groups is 3. The number of aliphatic carboxylic acids is 2. The van der Waals surface area contributed by atoms with Gasteiger partial charge in [0.2, 0.25) is 0 Å². The van der Waals surface area contributed by atoms with Crippen LogP contribution in [-0.4, -0.2) is 34.2 Å². The molecule has 7 nitrogen and oxygen atoms in total. The van der Waals surface area contributed by atoms with Gasteiger partial charge in [0.1, 0.15) is 6.04 Å². The highest BCUT2D eigenvalue weighted by Crippen LogP contribution is 2.11. The molecule has 0 saturated heterocycles. The van der Waals surface area contributed by atoms with Gasteiger partial charge in [-0.15, -0.1) is 0 Å². The van der Waals surface area contributed by atoms with Crippen molar-refractivity contribution in [3.63, 3.8) is 0 Å². The van der Waals surface area contributed by atoms with E-state index in [-0.39, 0.29) is 19.4 Å². The predicted octanol–water partition coefficient (Wildman–Crippen LogP) is 1.57. The van der Waals surface area contributed by atoms with E-state index >= 15 is 0 Å². The maximum atomic E-state index is 11.6. The molecular formula is C13H15BrN2O5. The molecule has 0 aliphatic carbocycles. The topological polar surface area (TPSA) is 116 Å². The number of hydrogen-bond acceptors (Lipinski definition) is 3. The van der Waals surface area contributed by atoms with Crippen LogP contribution in [0.5, 0.6) is 0 Å². The minimum atomic E-state index is -1.27. The van der Waals surface area contributed by atoms with Gasteiger partial charge in [0.15, 0.2) is 0 Å². The van der Waals surface area contributed by atoms with Crippen molar-refractivity contribution in [2.75, 3.05) is 0 Å². The number of carbonyl (C=O) groups excluding carboxylic acids is 1. The number of urea groups is 1. The van der Waals surface area contributed by atoms with Gasteiger partial charge in [0, 0.05) is 17.4 Å². The molecule has 0 unspecified atom stereocenters. The van der Waals surface area contributed by atoms with E-state index in [1.54, 1.807) is 0 Å². The summed E-state index contributed by atoms with van der Waals surface area (Å²) in [6.07, 6.45) is -0.502. The number of carboxylic acids is 2. The van der Waals surface area contributed by atoms with Crippen LogP contribution in [0, 0.1) is 0 Å². The molecule has 2 amide bonds. The maximum Gasteiger partial charge on any atom is 0.326 e. The highest BCUT2D eigenvalue weighted by molar-refractivity contribution is 9.10. The molecule has 0 saturated carbocycles. The molecule has 0 aliphatic heterocycles. The van der Waals surface area contributed by atoms with Crippen molar-refractivity contribution >= 4 is 33.9 Å². The van der Waals surface area contributed by atoms with Gasteiger partial charge in [-0.1, -0.05) is 28.1 Å². The second-order valence-corrected chi connectivity index (χ2v) is 5.20. The van der Waals surface area contributed by atoms with Gasteiger partial charge in [-0.2, -0.15) is 0 Å². The van der Waals surface area contributed by atoms with Crippen LogP contribution in [0.1, 0.15) is 18.4 Å². The van der Waals surface area contributed by atoms with Crippen LogP contribution < -0.4 is 10.6 Å². The monoisotopic (exact) mass is 358 g/mol. The van der Waals surface area contributed by atoms with Crippen LogP contribution in [0.3, 0.4) is 0 Å². The molecule has 0 aliphatic rings. The molecule has 0 fully saturated rings. The zero-order chi connectivity index (χ0) is 15.8. The minimum absolute atomic E-state index is 0.172. The summed E-state index contributed by atoms with van der Waals surface area (Å²) in [6.45, 7) is 0.233. The van der Waals surface area contributed by atoms with E-state index in [9.17, 15) is 14.4 Å². The van der Waals surface area contributed by atoms with Crippen LogP contribution in [0.2, 0.25) is 0 Å². The number of halogens is 1. The van der Waals surface area contributed by atoms with E-state index in [0.29, 0.717) is 0 Å². The minimum Gasteiger partial charge on any atom is -0.481 e. The fourth-order valence-electron chi connectivity index (χ4n) is 1.56. The summed E-state index contributed by atoms with van der Waals surface area (Å²) >= 11 is 3.30. The van der Waals surface area contributed by atoms with Crippen molar-refractivity contribution in [3.05, 3.63) is 34.3 Å². The molecule has 1 aromatic rings. The molecule has 8 heteroatoms. The SMILES string of the molecule is O=C(O)CC[C@H](NC(=O)NCc1cccc(Br)c1)C(=O)O. The number of carboxylic acid groups (broad SMARTS) is 2. The van der Waals surface area contributed by atoms with Crippen LogP contribution in [0.25, 0.3) is 0 Å². The Morgan fingerprint density at radius 1 is 1.24 bits per heavy atom. The Bertz CT molecular complexity index is 535. The Morgan fingerprint density at radius 3 is 2.52 bits per heavy atom. The van der Waals surface area contributed by atoms with E-state index in [0.717, 1.165) is 10.0 Å². The zero-order valence-electron chi connectivity index (χ0n) is 11.0. The maximum absolute atomic E-state index is 11.6. The molecule has 4 N–H and O–H groups in total. The lowest BCUT2D eigenvalue weighted by atomic mass is 10.1. The first-order valence-electron chi connectivity index (χ1n) is 6.12. The Morgan fingerprint density at radius 2 is 1.95 bits per heavy atom. The fourth-order valence-corrected chi connectivity index (χ4v) is 2.01. The highest BCUT2D eigenvalue weighted by Gasteiger charge is 2.20. The average molecular weight is 359 g/mol. The first-order valence-corrected chi connectivity index (χ1v) is 6.91. The number of hydrogen-bond donors (Lipinski definition) is 4. The second kappa shape index (κ2) is 8.25. The van der Waals surface area contributed by atoms with Crippen molar-refractivity contribution in [1.82, 2.24) is 10.6 Å². The van der Waals surface area contributed by atoms with Crippen molar-refractivity contribution < 1.29 is 24.6 Å². The summed E-state index contributed by atoms with van der Waals surface area (Å²) in [6, 6.07) is 5.39. The lowest BCUT2D eigenvalue weighted by Gasteiger charge is -2.14. The summed E-state index contributed by atoms with van der Waals surface area (Å²) in [5.41, 5.74) is 0.844. The van der Waals surface area contributed by atoms with Gasteiger partial charge >= 0.3 is 18.0 Å². The number of rotatable bonds is 7. The van der Waals surface area contributed by atoms with E-state index in [1.165, 1.54) is 0 Å². The third-order valence-electron chi connectivity index (χ3n) is 2.59. The Hall–Kier alpha value is -2.09. The van der Waals surface area contributed by atoms with E-state index in [1.807, 2.05) is 24.3 Å². The van der Waals surface area contributed by atoms with Crippen LogP contribution in [0.4, 0.5) is 4.79 Å². The van der Waals surface area contributed by atoms with Crippen molar-refractivity contribution in [1.29, 1.82) is 0 Å². The third-order valence-corrected chi connectivity index (χ3v) is 3.09. The molecule has 1 rings (SSSR count). The Kier molecular flexibility index (Phi) is 6.67. The van der Waals surface area contributed by atoms with Crippen LogP contribution in [-0.2, 0) is 16.1 Å². The smallest absolute Gasteiger partial charge is 0.326 e. The largest absolute Gasteiger partial charge is 0.481 e. The lowest BCUT2D eigenvalue weighted by Crippen LogP contribution is -2.46. The number of amides is 2. The van der Waals surface area contributed by atoms with Gasteiger partial charge in [-0.05, 0) is 24.1 Å². The predicted molar refractivity (Wildman–Crippen MR) is 77.8 cm³/mol. The first kappa shape index (κ1) is 17.0. The van der Waals surface area contributed by atoms with Crippen molar-refractivity contribution in [3.8, 4) is 0 Å². The highest BCUT2D eigenvalue weighted by atomic mass is 79.9. The van der Waals surface area contributed by atoms with Gasteiger partial charge in [-0.25, -0.2) is 9.59 Å². The lowest BCUT2D eigenvalue weighted by molar-refractivity contribution is -0.140. The molecule has 0 bridgehead atoms. The molecule has 21 heavy (non-hydrogen) atoms. The Balaban J connectivity index is 2.46. The fraction of sp³-hybridized carbons (Fsp3) is 0.308. The van der Waals surface area contributed by atoms with Gasteiger partial charge in [0.05, 0.1) is 0 Å². The molecule has 1 aromatic carbocycles. The first-order chi connectivity index (χ1) is 9.88. The molecule has 114 valence electrons.